The highest BCUT2D eigenvalue weighted by molar-refractivity contribution is 5.42. The van der Waals surface area contributed by atoms with E-state index in [1.165, 1.54) is 4.80 Å². The van der Waals surface area contributed by atoms with Gasteiger partial charge in [0.1, 0.15) is 0 Å². The fourth-order valence-corrected chi connectivity index (χ4v) is 1.46. The molecule has 0 aliphatic heterocycles. The second-order valence-corrected chi connectivity index (χ2v) is 3.63. The maximum atomic E-state index is 9.08. The first-order valence-electron chi connectivity index (χ1n) is 5.36. The number of nitrogens with zero attached hydrogens (tertiary/aromatic N) is 4. The zero-order chi connectivity index (χ0) is 13.0. The lowest BCUT2D eigenvalue weighted by Crippen LogP contribution is -2.01. The van der Waals surface area contributed by atoms with Gasteiger partial charge in [0.2, 0.25) is 5.82 Å². The molecule has 18 heavy (non-hydrogen) atoms. The Morgan fingerprint density at radius 3 is 2.78 bits per heavy atom. The van der Waals surface area contributed by atoms with Crippen molar-refractivity contribution in [2.45, 2.75) is 13.2 Å². The van der Waals surface area contributed by atoms with Gasteiger partial charge in [-0.2, -0.15) is 4.80 Å². The topological polar surface area (TPSA) is 82.3 Å². The van der Waals surface area contributed by atoms with Gasteiger partial charge in [-0.1, -0.05) is 6.07 Å². The minimum Gasteiger partial charge on any atom is -0.493 e. The zero-order valence-corrected chi connectivity index (χ0v) is 10.2. The van der Waals surface area contributed by atoms with Crippen LogP contribution in [0.3, 0.4) is 0 Å². The second-order valence-electron chi connectivity index (χ2n) is 3.63. The first-order valence-corrected chi connectivity index (χ1v) is 5.36. The van der Waals surface area contributed by atoms with Crippen LogP contribution in [0, 0.1) is 0 Å². The summed E-state index contributed by atoms with van der Waals surface area (Å²) < 4.78 is 10.7. The molecule has 0 amide bonds. The van der Waals surface area contributed by atoms with E-state index < -0.39 is 0 Å². The van der Waals surface area contributed by atoms with Crippen LogP contribution in [0.15, 0.2) is 18.2 Å². The Morgan fingerprint density at radius 2 is 2.17 bits per heavy atom. The van der Waals surface area contributed by atoms with Gasteiger partial charge in [0.25, 0.3) is 0 Å². The maximum Gasteiger partial charge on any atom is 0.212 e. The van der Waals surface area contributed by atoms with Crippen molar-refractivity contribution in [2.75, 3.05) is 7.11 Å². The number of benzene rings is 1. The largest absolute Gasteiger partial charge is 0.493 e. The quantitative estimate of drug-likeness (QED) is 0.821. The van der Waals surface area contributed by atoms with Gasteiger partial charge < -0.3 is 14.6 Å². The Labute approximate surface area is 104 Å². The number of aromatic nitrogens is 4. The van der Waals surface area contributed by atoms with Crippen LogP contribution in [-0.4, -0.2) is 32.4 Å². The highest BCUT2D eigenvalue weighted by Gasteiger charge is 2.08. The molecule has 1 N–H and O–H groups in total. The molecule has 1 aromatic heterocycles. The Morgan fingerprint density at radius 1 is 1.33 bits per heavy atom. The van der Waals surface area contributed by atoms with Crippen molar-refractivity contribution < 1.29 is 14.6 Å². The number of tetrazole rings is 1. The SMILES string of the molecule is COc1ccc(CO)cc1OCc1nnn(C)n1. The van der Waals surface area contributed by atoms with Crippen LogP contribution in [0.25, 0.3) is 0 Å². The van der Waals surface area contributed by atoms with Crippen LogP contribution in [0.5, 0.6) is 11.5 Å². The lowest BCUT2D eigenvalue weighted by molar-refractivity contribution is 0.267. The predicted molar refractivity (Wildman–Crippen MR) is 62.0 cm³/mol. The van der Waals surface area contributed by atoms with Gasteiger partial charge in [-0.15, -0.1) is 10.2 Å². The summed E-state index contributed by atoms with van der Waals surface area (Å²) in [6.07, 6.45) is 0. The average molecular weight is 250 g/mol. The van der Waals surface area contributed by atoms with Gasteiger partial charge in [0, 0.05) is 0 Å². The molecule has 0 saturated heterocycles. The summed E-state index contributed by atoms with van der Waals surface area (Å²) in [5, 5.41) is 20.6. The lowest BCUT2D eigenvalue weighted by atomic mass is 10.2. The van der Waals surface area contributed by atoms with Crippen molar-refractivity contribution in [2.24, 2.45) is 7.05 Å². The van der Waals surface area contributed by atoms with Crippen molar-refractivity contribution in [3.8, 4) is 11.5 Å². The molecule has 0 bridgehead atoms. The molecule has 0 unspecified atom stereocenters. The van der Waals surface area contributed by atoms with E-state index in [1.54, 1.807) is 32.4 Å². The van der Waals surface area contributed by atoms with Gasteiger partial charge in [0.15, 0.2) is 18.1 Å². The fraction of sp³-hybridized carbons (Fsp3) is 0.364. The number of rotatable bonds is 5. The first kappa shape index (κ1) is 12.3. The molecule has 7 heteroatoms. The molecule has 1 heterocycles. The molecule has 96 valence electrons. The minimum atomic E-state index is -0.0518. The first-order chi connectivity index (χ1) is 8.72. The standard InChI is InChI=1S/C11H14N4O3/c1-15-13-11(12-14-15)7-18-10-5-8(6-16)3-4-9(10)17-2/h3-5,16H,6-7H2,1-2H3. The highest BCUT2D eigenvalue weighted by atomic mass is 16.5. The molecule has 2 rings (SSSR count). The third-order valence-electron chi connectivity index (χ3n) is 2.32. The van der Waals surface area contributed by atoms with Gasteiger partial charge in [-0.3, -0.25) is 0 Å². The number of hydrogen-bond acceptors (Lipinski definition) is 6. The third kappa shape index (κ3) is 2.75. The van der Waals surface area contributed by atoms with Crippen LogP contribution in [0.1, 0.15) is 11.4 Å². The molecule has 0 atom stereocenters. The van der Waals surface area contributed by atoms with Crippen LogP contribution < -0.4 is 9.47 Å². The van der Waals surface area contributed by atoms with E-state index in [4.69, 9.17) is 14.6 Å². The Balaban J connectivity index is 2.11. The van der Waals surface area contributed by atoms with Crippen molar-refractivity contribution in [3.63, 3.8) is 0 Å². The van der Waals surface area contributed by atoms with Crippen LogP contribution >= 0.6 is 0 Å². The van der Waals surface area contributed by atoms with E-state index in [1.807, 2.05) is 0 Å². The Kier molecular flexibility index (Phi) is 3.73. The summed E-state index contributed by atoms with van der Waals surface area (Å²) in [4.78, 5) is 1.36. The molecule has 7 nitrogen and oxygen atoms in total. The molecule has 1 aromatic carbocycles. The van der Waals surface area contributed by atoms with E-state index in [0.29, 0.717) is 17.3 Å². The molecular formula is C11H14N4O3. The van der Waals surface area contributed by atoms with Crippen molar-refractivity contribution in [3.05, 3.63) is 29.6 Å². The highest BCUT2D eigenvalue weighted by Crippen LogP contribution is 2.28. The molecule has 0 aliphatic carbocycles. The number of methoxy groups -OCH3 is 1. The van der Waals surface area contributed by atoms with E-state index in [-0.39, 0.29) is 13.2 Å². The predicted octanol–water partition coefficient (Wildman–Crippen LogP) is 0.290. The van der Waals surface area contributed by atoms with Crippen molar-refractivity contribution in [1.29, 1.82) is 0 Å². The summed E-state index contributed by atoms with van der Waals surface area (Å²) >= 11 is 0. The molecule has 0 spiro atoms. The summed E-state index contributed by atoms with van der Waals surface area (Å²) in [7, 11) is 3.24. The number of aliphatic hydroxyl groups is 1. The molecule has 2 aromatic rings. The summed E-state index contributed by atoms with van der Waals surface area (Å²) in [5.74, 6) is 1.61. The number of hydrogen-bond donors (Lipinski definition) is 1. The normalized spacial score (nSPS) is 10.4. The molecule has 0 aliphatic rings. The van der Waals surface area contributed by atoms with E-state index in [9.17, 15) is 0 Å². The van der Waals surface area contributed by atoms with Gasteiger partial charge in [-0.25, -0.2) is 0 Å². The van der Waals surface area contributed by atoms with E-state index in [2.05, 4.69) is 15.4 Å². The average Bonchev–Trinajstić information content (AvgIpc) is 2.81. The third-order valence-corrected chi connectivity index (χ3v) is 2.32. The smallest absolute Gasteiger partial charge is 0.212 e. The zero-order valence-electron chi connectivity index (χ0n) is 10.2. The minimum absolute atomic E-state index is 0.0518. The summed E-state index contributed by atoms with van der Waals surface area (Å²) in [5.41, 5.74) is 0.748. The van der Waals surface area contributed by atoms with E-state index >= 15 is 0 Å². The molecule has 0 radical (unpaired) electrons. The lowest BCUT2D eigenvalue weighted by Gasteiger charge is -2.10. The van der Waals surface area contributed by atoms with Gasteiger partial charge >= 0.3 is 0 Å². The van der Waals surface area contributed by atoms with Crippen LogP contribution in [-0.2, 0) is 20.3 Å². The Bertz CT molecular complexity index is 527. The Hall–Kier alpha value is -2.15. The summed E-state index contributed by atoms with van der Waals surface area (Å²) in [6, 6.07) is 5.23. The summed E-state index contributed by atoms with van der Waals surface area (Å²) in [6.45, 7) is 0.142. The monoisotopic (exact) mass is 250 g/mol. The molecule has 0 saturated carbocycles. The second kappa shape index (κ2) is 5.46. The fourth-order valence-electron chi connectivity index (χ4n) is 1.46. The van der Waals surface area contributed by atoms with Crippen molar-refractivity contribution in [1.82, 2.24) is 20.2 Å². The number of aryl methyl sites for hydroxylation is 1. The number of ether oxygens (including phenoxy) is 2. The molecule has 0 fully saturated rings. The maximum absolute atomic E-state index is 9.08. The van der Waals surface area contributed by atoms with Crippen LogP contribution in [0.4, 0.5) is 0 Å². The van der Waals surface area contributed by atoms with Crippen LogP contribution in [0.2, 0.25) is 0 Å². The van der Waals surface area contributed by atoms with Gasteiger partial charge in [-0.05, 0) is 22.9 Å². The number of aliphatic hydroxyl groups excluding tert-OH is 1. The van der Waals surface area contributed by atoms with Crippen molar-refractivity contribution >= 4 is 0 Å². The van der Waals surface area contributed by atoms with Gasteiger partial charge in [0.05, 0.1) is 20.8 Å². The van der Waals surface area contributed by atoms with E-state index in [0.717, 1.165) is 5.56 Å². The molecular weight excluding hydrogens is 236 g/mol.